The van der Waals surface area contributed by atoms with E-state index in [9.17, 15) is 4.79 Å². The molecule has 0 aromatic heterocycles. The second-order valence-corrected chi connectivity index (χ2v) is 7.52. The van der Waals surface area contributed by atoms with Crippen LogP contribution >= 0.6 is 0 Å². The summed E-state index contributed by atoms with van der Waals surface area (Å²) in [6.45, 7) is 7.02. The topological polar surface area (TPSA) is 47.0 Å². The van der Waals surface area contributed by atoms with E-state index in [1.54, 1.807) is 0 Å². The van der Waals surface area contributed by atoms with Crippen molar-refractivity contribution in [1.29, 1.82) is 0 Å². The molecule has 1 N–H and O–H groups in total. The number of carboxylic acid groups (broad SMARTS) is 1. The summed E-state index contributed by atoms with van der Waals surface area (Å²) in [5.41, 5.74) is 3.80. The first-order valence-corrected chi connectivity index (χ1v) is 9.22. The molecule has 2 saturated heterocycles. The molecule has 3 aliphatic heterocycles. The summed E-state index contributed by atoms with van der Waals surface area (Å²) in [6.07, 6.45) is 3.96. The molecule has 1 amide bonds. The van der Waals surface area contributed by atoms with Gasteiger partial charge in [-0.3, -0.25) is 4.90 Å². The number of anilines is 1. The second kappa shape index (κ2) is 6.28. The van der Waals surface area contributed by atoms with Crippen LogP contribution in [0, 0.1) is 0 Å². The molecule has 0 radical (unpaired) electrons. The largest absolute Gasteiger partial charge is 0.465 e. The molecule has 130 valence electrons. The first-order valence-electron chi connectivity index (χ1n) is 9.22. The average Bonchev–Trinajstić information content (AvgIpc) is 3.22. The third-order valence-corrected chi connectivity index (χ3v) is 6.07. The number of carbonyl (C=O) groups is 1. The van der Waals surface area contributed by atoms with Crippen molar-refractivity contribution < 1.29 is 9.90 Å². The number of benzene rings is 1. The molecule has 4 rings (SSSR count). The Kier molecular flexibility index (Phi) is 4.12. The van der Waals surface area contributed by atoms with Crippen molar-refractivity contribution in [3.05, 3.63) is 29.3 Å². The first kappa shape index (κ1) is 15.8. The zero-order chi connectivity index (χ0) is 16.7. The van der Waals surface area contributed by atoms with Crippen molar-refractivity contribution in [2.24, 2.45) is 0 Å². The number of hydrogen-bond acceptors (Lipinski definition) is 3. The van der Waals surface area contributed by atoms with Gasteiger partial charge in [-0.2, -0.15) is 0 Å². The smallest absolute Gasteiger partial charge is 0.407 e. The van der Waals surface area contributed by atoms with Gasteiger partial charge in [-0.15, -0.1) is 0 Å². The van der Waals surface area contributed by atoms with Crippen LogP contribution in [0.1, 0.15) is 37.3 Å². The highest BCUT2D eigenvalue weighted by Crippen LogP contribution is 2.30. The number of rotatable bonds is 2. The molecule has 1 aromatic carbocycles. The second-order valence-electron chi connectivity index (χ2n) is 7.52. The van der Waals surface area contributed by atoms with E-state index < -0.39 is 6.09 Å². The molecule has 0 spiro atoms. The molecule has 0 unspecified atom stereocenters. The molecule has 0 aliphatic carbocycles. The maximum absolute atomic E-state index is 11.1. The predicted octanol–water partition coefficient (Wildman–Crippen LogP) is 2.79. The Morgan fingerprint density at radius 1 is 1.17 bits per heavy atom. The molecule has 3 heterocycles. The van der Waals surface area contributed by atoms with Crippen LogP contribution < -0.4 is 4.90 Å². The minimum atomic E-state index is -0.813. The lowest BCUT2D eigenvalue weighted by atomic mass is 9.99. The molecule has 0 bridgehead atoms. The molecule has 1 aromatic rings. The van der Waals surface area contributed by atoms with Crippen LogP contribution in [-0.2, 0) is 13.0 Å². The van der Waals surface area contributed by atoms with Gasteiger partial charge in [0.15, 0.2) is 0 Å². The Morgan fingerprint density at radius 2 is 2.04 bits per heavy atom. The summed E-state index contributed by atoms with van der Waals surface area (Å²) >= 11 is 0. The summed E-state index contributed by atoms with van der Waals surface area (Å²) in [7, 11) is 0. The van der Waals surface area contributed by atoms with Gasteiger partial charge in [0.1, 0.15) is 0 Å². The monoisotopic (exact) mass is 329 g/mol. The Morgan fingerprint density at radius 3 is 2.79 bits per heavy atom. The molecule has 5 nitrogen and oxygen atoms in total. The van der Waals surface area contributed by atoms with Gasteiger partial charge >= 0.3 is 6.09 Å². The summed E-state index contributed by atoms with van der Waals surface area (Å²) in [5, 5.41) is 9.16. The van der Waals surface area contributed by atoms with Crippen LogP contribution in [-0.4, -0.2) is 59.3 Å². The zero-order valence-corrected chi connectivity index (χ0v) is 14.4. The molecule has 2 fully saturated rings. The fraction of sp³-hybridized carbons (Fsp3) is 0.632. The molecule has 0 saturated carbocycles. The summed E-state index contributed by atoms with van der Waals surface area (Å²) in [5.74, 6) is 0. The van der Waals surface area contributed by atoms with Crippen molar-refractivity contribution in [1.82, 2.24) is 9.80 Å². The lowest BCUT2D eigenvalue weighted by Gasteiger charge is -2.30. The van der Waals surface area contributed by atoms with Gasteiger partial charge in [0.25, 0.3) is 0 Å². The van der Waals surface area contributed by atoms with E-state index in [4.69, 9.17) is 5.11 Å². The average molecular weight is 329 g/mol. The highest BCUT2D eigenvalue weighted by molar-refractivity contribution is 5.66. The summed E-state index contributed by atoms with van der Waals surface area (Å²) in [4.78, 5) is 17.9. The van der Waals surface area contributed by atoms with Gasteiger partial charge in [0.2, 0.25) is 0 Å². The third kappa shape index (κ3) is 2.86. The summed E-state index contributed by atoms with van der Waals surface area (Å²) in [6, 6.07) is 8.04. The number of nitrogens with zero attached hydrogens (tertiary/aromatic N) is 3. The van der Waals surface area contributed by atoms with Gasteiger partial charge in [-0.1, -0.05) is 6.07 Å². The van der Waals surface area contributed by atoms with E-state index in [-0.39, 0.29) is 0 Å². The number of amides is 1. The van der Waals surface area contributed by atoms with Crippen molar-refractivity contribution >= 4 is 11.8 Å². The van der Waals surface area contributed by atoms with Crippen molar-refractivity contribution in [2.45, 2.75) is 51.2 Å². The SMILES string of the molecule is C[C@H]1CCCN1[C@H]1CCN(c2ccc3c(c2)CCN(C(=O)O)C3)C1. The van der Waals surface area contributed by atoms with Crippen LogP contribution in [0.2, 0.25) is 0 Å². The number of likely N-dealkylation sites (tertiary alicyclic amines) is 1. The highest BCUT2D eigenvalue weighted by Gasteiger charge is 2.33. The van der Waals surface area contributed by atoms with Crippen LogP contribution in [0.25, 0.3) is 0 Å². The predicted molar refractivity (Wildman–Crippen MR) is 94.6 cm³/mol. The Hall–Kier alpha value is -1.75. The Balaban J connectivity index is 1.45. The summed E-state index contributed by atoms with van der Waals surface area (Å²) < 4.78 is 0. The maximum Gasteiger partial charge on any atom is 0.407 e. The minimum Gasteiger partial charge on any atom is -0.465 e. The van der Waals surface area contributed by atoms with E-state index in [1.807, 2.05) is 0 Å². The van der Waals surface area contributed by atoms with Gasteiger partial charge in [0, 0.05) is 44.0 Å². The van der Waals surface area contributed by atoms with Crippen LogP contribution in [0.15, 0.2) is 18.2 Å². The quantitative estimate of drug-likeness (QED) is 0.906. The lowest BCUT2D eigenvalue weighted by molar-refractivity contribution is 0.140. The third-order valence-electron chi connectivity index (χ3n) is 6.07. The van der Waals surface area contributed by atoms with E-state index in [2.05, 4.69) is 34.9 Å². The van der Waals surface area contributed by atoms with Gasteiger partial charge in [0.05, 0.1) is 0 Å². The highest BCUT2D eigenvalue weighted by atomic mass is 16.4. The van der Waals surface area contributed by atoms with E-state index in [1.165, 1.54) is 42.0 Å². The van der Waals surface area contributed by atoms with Crippen molar-refractivity contribution in [3.8, 4) is 0 Å². The fourth-order valence-electron chi connectivity index (χ4n) is 4.64. The standard InChI is InChI=1S/C19H27N3O2/c1-14-3-2-8-22(14)18-7-10-20(13-18)17-5-4-16-12-21(19(23)24)9-6-15(16)11-17/h4-5,11,14,18H,2-3,6-10,12-13H2,1H3,(H,23,24)/t14-,18-/m0/s1. The van der Waals surface area contributed by atoms with Crippen LogP contribution in [0.3, 0.4) is 0 Å². The molecule has 24 heavy (non-hydrogen) atoms. The van der Waals surface area contributed by atoms with Crippen molar-refractivity contribution in [2.75, 3.05) is 31.1 Å². The van der Waals surface area contributed by atoms with Crippen LogP contribution in [0.5, 0.6) is 0 Å². The Bertz CT molecular complexity index is 633. The normalized spacial score (nSPS) is 27.5. The molecule has 3 aliphatic rings. The number of fused-ring (bicyclic) bond motifs is 1. The minimum absolute atomic E-state index is 0.527. The van der Waals surface area contributed by atoms with Crippen LogP contribution in [0.4, 0.5) is 10.5 Å². The molecular formula is C19H27N3O2. The van der Waals surface area contributed by atoms with E-state index >= 15 is 0 Å². The van der Waals surface area contributed by atoms with E-state index in [0.29, 0.717) is 19.1 Å². The lowest BCUT2D eigenvalue weighted by Crippen LogP contribution is -2.39. The number of hydrogen-bond donors (Lipinski definition) is 1. The van der Waals surface area contributed by atoms with Crippen molar-refractivity contribution in [3.63, 3.8) is 0 Å². The zero-order valence-electron chi connectivity index (χ0n) is 14.4. The van der Waals surface area contributed by atoms with E-state index in [0.717, 1.165) is 31.1 Å². The van der Waals surface area contributed by atoms with Gasteiger partial charge < -0.3 is 14.9 Å². The van der Waals surface area contributed by atoms with Gasteiger partial charge in [-0.25, -0.2) is 4.79 Å². The molecule has 5 heteroatoms. The van der Waals surface area contributed by atoms with Gasteiger partial charge in [-0.05, 0) is 62.4 Å². The molecule has 2 atom stereocenters. The maximum atomic E-state index is 11.1. The molecular weight excluding hydrogens is 302 g/mol. The fourth-order valence-corrected chi connectivity index (χ4v) is 4.64. The first-order chi connectivity index (χ1) is 11.6. The Labute approximate surface area is 143 Å².